The number of hydrogen-bond acceptors (Lipinski definition) is 5. The van der Waals surface area contributed by atoms with Gasteiger partial charge in [0.25, 0.3) is 0 Å². The molecule has 3 rings (SSSR count). The highest BCUT2D eigenvalue weighted by molar-refractivity contribution is 7.18. The van der Waals surface area contributed by atoms with Crippen molar-refractivity contribution in [3.05, 3.63) is 21.3 Å². The lowest BCUT2D eigenvalue weighted by Crippen LogP contribution is -2.36. The lowest BCUT2D eigenvalue weighted by atomic mass is 9.89. The third kappa shape index (κ3) is 4.34. The number of piperidine rings is 1. The van der Waals surface area contributed by atoms with E-state index in [2.05, 4.69) is 17.0 Å². The topological polar surface area (TPSA) is 41.9 Å². The van der Waals surface area contributed by atoms with E-state index in [-0.39, 0.29) is 11.9 Å². The molecule has 0 aromatic carbocycles. The maximum Gasteiger partial charge on any atom is 0.172 e. The zero-order valence-corrected chi connectivity index (χ0v) is 15.0. The van der Waals surface area contributed by atoms with Gasteiger partial charge in [0.05, 0.1) is 14.9 Å². The Labute approximate surface area is 146 Å². The molecule has 2 aliphatic heterocycles. The van der Waals surface area contributed by atoms with E-state index < -0.39 is 0 Å². The zero-order chi connectivity index (χ0) is 16.2. The molecule has 1 aromatic heterocycles. The standard InChI is InChI=1S/C17H23ClN2O2S/c1-2-20-9-7-12(8-10-20)14-11-13(22-19-14)3-4-15(21)16-5-6-17(18)23-16/h5-6,12-13H,2-4,7-11H2,1H3. The average Bonchev–Trinajstić information content (AvgIpc) is 3.22. The molecule has 0 aliphatic carbocycles. The summed E-state index contributed by atoms with van der Waals surface area (Å²) in [7, 11) is 0. The fraction of sp³-hybridized carbons (Fsp3) is 0.647. The predicted molar refractivity (Wildman–Crippen MR) is 94.7 cm³/mol. The van der Waals surface area contributed by atoms with Crippen molar-refractivity contribution in [2.45, 2.75) is 45.1 Å². The molecule has 0 spiro atoms. The summed E-state index contributed by atoms with van der Waals surface area (Å²) in [4.78, 5) is 20.9. The van der Waals surface area contributed by atoms with Gasteiger partial charge in [-0.15, -0.1) is 11.3 Å². The first-order valence-electron chi connectivity index (χ1n) is 8.39. The first kappa shape index (κ1) is 16.9. The van der Waals surface area contributed by atoms with Crippen molar-refractivity contribution >= 4 is 34.4 Å². The fourth-order valence-electron chi connectivity index (χ4n) is 3.31. The number of nitrogens with zero attached hydrogens (tertiary/aromatic N) is 2. The molecule has 3 heterocycles. The Hall–Kier alpha value is -0.910. The quantitative estimate of drug-likeness (QED) is 0.717. The Morgan fingerprint density at radius 3 is 2.87 bits per heavy atom. The van der Waals surface area contributed by atoms with Gasteiger partial charge in [-0.2, -0.15) is 0 Å². The van der Waals surface area contributed by atoms with E-state index in [0.717, 1.165) is 37.4 Å². The molecule has 23 heavy (non-hydrogen) atoms. The number of likely N-dealkylation sites (tertiary alicyclic amines) is 1. The van der Waals surface area contributed by atoms with Crippen LogP contribution in [0.25, 0.3) is 0 Å². The minimum absolute atomic E-state index is 0.0635. The Bertz CT molecular complexity index is 579. The molecule has 0 N–H and O–H groups in total. The summed E-state index contributed by atoms with van der Waals surface area (Å²) in [5.74, 6) is 0.713. The number of thiophene rings is 1. The molecule has 126 valence electrons. The summed E-state index contributed by atoms with van der Waals surface area (Å²) >= 11 is 7.22. The second-order valence-corrected chi connectivity index (χ2v) is 8.00. The van der Waals surface area contributed by atoms with E-state index in [0.29, 0.717) is 16.7 Å². The molecular formula is C17H23ClN2O2S. The lowest BCUT2D eigenvalue weighted by Gasteiger charge is -2.30. The molecule has 0 saturated carbocycles. The van der Waals surface area contributed by atoms with Gasteiger partial charge in [0.1, 0.15) is 6.10 Å². The lowest BCUT2D eigenvalue weighted by molar-refractivity contribution is 0.0719. The maximum absolute atomic E-state index is 12.1. The van der Waals surface area contributed by atoms with E-state index in [1.54, 1.807) is 12.1 Å². The van der Waals surface area contributed by atoms with E-state index in [9.17, 15) is 4.79 Å². The van der Waals surface area contributed by atoms with Gasteiger partial charge >= 0.3 is 0 Å². The number of rotatable bonds is 6. The van der Waals surface area contributed by atoms with Gasteiger partial charge < -0.3 is 9.74 Å². The maximum atomic E-state index is 12.1. The molecule has 1 unspecified atom stereocenters. The van der Waals surface area contributed by atoms with Crippen LogP contribution < -0.4 is 0 Å². The van der Waals surface area contributed by atoms with Crippen LogP contribution in [0.15, 0.2) is 17.3 Å². The number of halogens is 1. The number of Topliss-reactive ketones (excluding diaryl/α,β-unsaturated/α-hetero) is 1. The van der Waals surface area contributed by atoms with Crippen molar-refractivity contribution < 1.29 is 9.63 Å². The van der Waals surface area contributed by atoms with Crippen molar-refractivity contribution in [1.82, 2.24) is 4.90 Å². The Kier molecular flexibility index (Phi) is 5.72. The van der Waals surface area contributed by atoms with Crippen LogP contribution in [0, 0.1) is 5.92 Å². The molecule has 0 radical (unpaired) electrons. The number of carbonyl (C=O) groups is 1. The van der Waals surface area contributed by atoms with E-state index in [4.69, 9.17) is 16.4 Å². The van der Waals surface area contributed by atoms with Crippen LogP contribution >= 0.6 is 22.9 Å². The Morgan fingerprint density at radius 2 is 2.22 bits per heavy atom. The smallest absolute Gasteiger partial charge is 0.172 e. The minimum atomic E-state index is 0.0635. The summed E-state index contributed by atoms with van der Waals surface area (Å²) in [6.45, 7) is 5.66. The first-order valence-corrected chi connectivity index (χ1v) is 9.58. The molecule has 1 atom stereocenters. The summed E-state index contributed by atoms with van der Waals surface area (Å²) < 4.78 is 0.662. The van der Waals surface area contributed by atoms with Gasteiger partial charge in [0.2, 0.25) is 0 Å². The second-order valence-electron chi connectivity index (χ2n) is 6.29. The molecule has 6 heteroatoms. The molecule has 2 aliphatic rings. The van der Waals surface area contributed by atoms with E-state index in [1.807, 2.05) is 0 Å². The monoisotopic (exact) mass is 354 g/mol. The van der Waals surface area contributed by atoms with Crippen molar-refractivity contribution in [3.63, 3.8) is 0 Å². The average molecular weight is 355 g/mol. The van der Waals surface area contributed by atoms with Gasteiger partial charge in [-0.3, -0.25) is 4.79 Å². The van der Waals surface area contributed by atoms with Crippen LogP contribution in [0.1, 0.15) is 48.7 Å². The van der Waals surface area contributed by atoms with Crippen molar-refractivity contribution in [3.8, 4) is 0 Å². The summed E-state index contributed by atoms with van der Waals surface area (Å²) in [5, 5.41) is 4.31. The highest BCUT2D eigenvalue weighted by Crippen LogP contribution is 2.28. The van der Waals surface area contributed by atoms with Crippen LogP contribution in [-0.2, 0) is 4.84 Å². The third-order valence-corrected chi connectivity index (χ3v) is 6.08. The van der Waals surface area contributed by atoms with Crippen LogP contribution in [0.5, 0.6) is 0 Å². The Morgan fingerprint density at radius 1 is 1.43 bits per heavy atom. The highest BCUT2D eigenvalue weighted by atomic mass is 35.5. The SMILES string of the molecule is CCN1CCC(C2=NOC(CCC(=O)c3ccc(Cl)s3)C2)CC1. The predicted octanol–water partition coefficient (Wildman–Crippen LogP) is 4.24. The highest BCUT2D eigenvalue weighted by Gasteiger charge is 2.30. The molecule has 4 nitrogen and oxygen atoms in total. The summed E-state index contributed by atoms with van der Waals surface area (Å²) in [6, 6.07) is 3.57. The van der Waals surface area contributed by atoms with Gasteiger partial charge in [0.15, 0.2) is 5.78 Å². The molecule has 1 fully saturated rings. The number of hydrogen-bond donors (Lipinski definition) is 0. The molecule has 1 aromatic rings. The second kappa shape index (κ2) is 7.77. The van der Waals surface area contributed by atoms with Crippen LogP contribution in [0.2, 0.25) is 4.34 Å². The molecule has 0 bridgehead atoms. The first-order chi connectivity index (χ1) is 11.2. The fourth-order valence-corrected chi connectivity index (χ4v) is 4.32. The van der Waals surface area contributed by atoms with Crippen LogP contribution in [0.3, 0.4) is 0 Å². The van der Waals surface area contributed by atoms with Gasteiger partial charge in [0, 0.05) is 18.8 Å². The van der Waals surface area contributed by atoms with Crippen molar-refractivity contribution in [1.29, 1.82) is 0 Å². The Balaban J connectivity index is 1.42. The van der Waals surface area contributed by atoms with Crippen molar-refractivity contribution in [2.24, 2.45) is 11.1 Å². The van der Waals surface area contributed by atoms with Gasteiger partial charge in [-0.25, -0.2) is 0 Å². The number of oxime groups is 1. The largest absolute Gasteiger partial charge is 0.392 e. The third-order valence-electron chi connectivity index (χ3n) is 4.80. The van der Waals surface area contributed by atoms with Crippen LogP contribution in [-0.4, -0.2) is 42.1 Å². The number of carbonyl (C=O) groups excluding carboxylic acids is 1. The number of ketones is 1. The molecular weight excluding hydrogens is 332 g/mol. The van der Waals surface area contributed by atoms with Crippen molar-refractivity contribution in [2.75, 3.05) is 19.6 Å². The normalized spacial score (nSPS) is 22.9. The van der Waals surface area contributed by atoms with E-state index in [1.165, 1.54) is 29.9 Å². The summed E-state index contributed by atoms with van der Waals surface area (Å²) in [6.07, 6.45) is 4.53. The van der Waals surface area contributed by atoms with Gasteiger partial charge in [-0.1, -0.05) is 23.7 Å². The molecule has 1 saturated heterocycles. The molecule has 0 amide bonds. The van der Waals surface area contributed by atoms with Gasteiger partial charge in [-0.05, 0) is 51.0 Å². The van der Waals surface area contributed by atoms with E-state index >= 15 is 0 Å². The van der Waals surface area contributed by atoms with Crippen LogP contribution in [0.4, 0.5) is 0 Å². The minimum Gasteiger partial charge on any atom is -0.392 e. The summed E-state index contributed by atoms with van der Waals surface area (Å²) in [5.41, 5.74) is 1.21. The zero-order valence-electron chi connectivity index (χ0n) is 13.5.